The van der Waals surface area contributed by atoms with Crippen LogP contribution in [0, 0.1) is 0 Å². The summed E-state index contributed by atoms with van der Waals surface area (Å²) in [5.41, 5.74) is 1.85. The number of carbonyl (C=O) groups is 1. The predicted octanol–water partition coefficient (Wildman–Crippen LogP) is 0.446. The molecule has 19 heavy (non-hydrogen) atoms. The largest absolute Gasteiger partial charge is 0.480 e. The number of hydrogen-bond donors (Lipinski definition) is 1. The van der Waals surface area contributed by atoms with Crippen molar-refractivity contribution in [3.63, 3.8) is 0 Å². The molecule has 1 N–H and O–H groups in total. The topological polar surface area (TPSA) is 87.8 Å². The van der Waals surface area contributed by atoms with Crippen LogP contribution in [0.15, 0.2) is 16.4 Å². The zero-order valence-electron chi connectivity index (χ0n) is 10.6. The molecule has 1 atom stereocenters. The van der Waals surface area contributed by atoms with E-state index in [2.05, 4.69) is 10.1 Å². The molecule has 2 aromatic heterocycles. The van der Waals surface area contributed by atoms with Crippen molar-refractivity contribution in [3.05, 3.63) is 27.6 Å². The van der Waals surface area contributed by atoms with E-state index in [1.807, 2.05) is 6.92 Å². The highest BCUT2D eigenvalue weighted by molar-refractivity contribution is 7.14. The highest BCUT2D eigenvalue weighted by atomic mass is 32.1. The van der Waals surface area contributed by atoms with E-state index in [4.69, 9.17) is 5.11 Å². The first-order valence-electron chi connectivity index (χ1n) is 5.78. The van der Waals surface area contributed by atoms with Gasteiger partial charge < -0.3 is 5.11 Å². The fourth-order valence-corrected chi connectivity index (χ4v) is 2.57. The molecule has 0 aliphatic rings. The van der Waals surface area contributed by atoms with Crippen LogP contribution >= 0.6 is 11.3 Å². The number of rotatable bonds is 5. The van der Waals surface area contributed by atoms with Crippen molar-refractivity contribution < 1.29 is 9.90 Å². The molecule has 0 aromatic carbocycles. The summed E-state index contributed by atoms with van der Waals surface area (Å²) in [5.74, 6) is -0.874. The standard InChI is InChI=1S/C11H14N4O3S/c1-3-8(10(17)18)14(2)5-7-4-9(16)15-11(13-7)19-6-12-15/h4,6,8H,3,5H2,1-2H3,(H,17,18). The van der Waals surface area contributed by atoms with E-state index in [0.29, 0.717) is 23.6 Å². The molecular formula is C11H14N4O3S. The Bertz CT molecular complexity index is 651. The summed E-state index contributed by atoms with van der Waals surface area (Å²) in [5, 5.41) is 12.9. The molecule has 0 aliphatic heterocycles. The summed E-state index contributed by atoms with van der Waals surface area (Å²) >= 11 is 1.27. The molecule has 0 bridgehead atoms. The minimum absolute atomic E-state index is 0.252. The van der Waals surface area contributed by atoms with E-state index < -0.39 is 12.0 Å². The summed E-state index contributed by atoms with van der Waals surface area (Å²) in [6, 6.07) is 0.805. The van der Waals surface area contributed by atoms with E-state index in [9.17, 15) is 9.59 Å². The normalized spacial score (nSPS) is 13.0. The number of nitrogens with zero attached hydrogens (tertiary/aromatic N) is 4. The minimum Gasteiger partial charge on any atom is -0.480 e. The van der Waals surface area contributed by atoms with E-state index in [0.717, 1.165) is 0 Å². The maximum Gasteiger partial charge on any atom is 0.320 e. The second kappa shape index (κ2) is 5.45. The van der Waals surface area contributed by atoms with Gasteiger partial charge in [0.15, 0.2) is 0 Å². The Morgan fingerprint density at radius 3 is 3.00 bits per heavy atom. The van der Waals surface area contributed by atoms with Crippen LogP contribution in [0.3, 0.4) is 0 Å². The highest BCUT2D eigenvalue weighted by Crippen LogP contribution is 2.09. The molecule has 102 valence electrons. The molecule has 1 unspecified atom stereocenters. The molecule has 0 saturated carbocycles. The number of aromatic nitrogens is 3. The third-order valence-corrected chi connectivity index (χ3v) is 3.53. The smallest absolute Gasteiger partial charge is 0.320 e. The van der Waals surface area contributed by atoms with Crippen LogP contribution in [0.4, 0.5) is 0 Å². The average molecular weight is 282 g/mol. The molecule has 0 saturated heterocycles. The molecule has 2 rings (SSSR count). The van der Waals surface area contributed by atoms with Crippen molar-refractivity contribution in [2.45, 2.75) is 25.9 Å². The minimum atomic E-state index is -0.874. The fraction of sp³-hybridized carbons (Fsp3) is 0.455. The summed E-state index contributed by atoms with van der Waals surface area (Å²) in [6.45, 7) is 2.12. The molecule has 7 nitrogen and oxygen atoms in total. The van der Waals surface area contributed by atoms with Crippen LogP contribution in [0.5, 0.6) is 0 Å². The van der Waals surface area contributed by atoms with Crippen LogP contribution < -0.4 is 5.56 Å². The first kappa shape index (κ1) is 13.6. The number of fused-ring (bicyclic) bond motifs is 1. The van der Waals surface area contributed by atoms with Gasteiger partial charge in [0.25, 0.3) is 5.56 Å². The van der Waals surface area contributed by atoms with Crippen LogP contribution in [-0.4, -0.2) is 43.7 Å². The molecule has 2 aromatic rings. The number of hydrogen-bond acceptors (Lipinski definition) is 6. The fourth-order valence-electron chi connectivity index (χ4n) is 1.92. The Kier molecular flexibility index (Phi) is 3.91. The SMILES string of the molecule is CCC(C(=O)O)N(C)Cc1cc(=O)n2ncsc2n1. The zero-order chi connectivity index (χ0) is 14.0. The first-order valence-corrected chi connectivity index (χ1v) is 6.66. The van der Waals surface area contributed by atoms with Gasteiger partial charge in [-0.2, -0.15) is 9.61 Å². The average Bonchev–Trinajstić information content (AvgIpc) is 2.77. The molecule has 2 heterocycles. The number of aliphatic carboxylic acids is 1. The van der Waals surface area contributed by atoms with Crippen molar-refractivity contribution in [3.8, 4) is 0 Å². The lowest BCUT2D eigenvalue weighted by Gasteiger charge is -2.22. The van der Waals surface area contributed by atoms with Gasteiger partial charge in [0, 0.05) is 12.6 Å². The number of carboxylic acids is 1. The van der Waals surface area contributed by atoms with Crippen LogP contribution in [0.2, 0.25) is 0 Å². The van der Waals surface area contributed by atoms with Gasteiger partial charge in [-0.25, -0.2) is 4.98 Å². The third kappa shape index (κ3) is 2.79. The summed E-state index contributed by atoms with van der Waals surface area (Å²) in [7, 11) is 1.71. The second-order valence-electron chi connectivity index (χ2n) is 4.20. The van der Waals surface area contributed by atoms with Gasteiger partial charge >= 0.3 is 5.97 Å². The van der Waals surface area contributed by atoms with Crippen LogP contribution in [-0.2, 0) is 11.3 Å². The van der Waals surface area contributed by atoms with Crippen molar-refractivity contribution >= 4 is 22.3 Å². The summed E-state index contributed by atoms with van der Waals surface area (Å²) in [4.78, 5) is 29.3. The lowest BCUT2D eigenvalue weighted by atomic mass is 10.2. The molecule has 0 amide bonds. The molecule has 0 spiro atoms. The van der Waals surface area contributed by atoms with E-state index in [1.54, 1.807) is 17.5 Å². The molecule has 0 radical (unpaired) electrons. The van der Waals surface area contributed by atoms with Crippen LogP contribution in [0.25, 0.3) is 4.96 Å². The summed E-state index contributed by atoms with van der Waals surface area (Å²) < 4.78 is 1.22. The van der Waals surface area contributed by atoms with E-state index in [1.165, 1.54) is 21.9 Å². The quantitative estimate of drug-likeness (QED) is 0.856. The van der Waals surface area contributed by atoms with Crippen LogP contribution in [0.1, 0.15) is 19.0 Å². The molecule has 8 heteroatoms. The van der Waals surface area contributed by atoms with Gasteiger partial charge in [-0.1, -0.05) is 18.3 Å². The monoisotopic (exact) mass is 282 g/mol. The molecular weight excluding hydrogens is 268 g/mol. The number of carboxylic acid groups (broad SMARTS) is 1. The Hall–Kier alpha value is -1.80. The highest BCUT2D eigenvalue weighted by Gasteiger charge is 2.21. The lowest BCUT2D eigenvalue weighted by molar-refractivity contribution is -0.143. The van der Waals surface area contributed by atoms with Crippen molar-refractivity contribution in [1.82, 2.24) is 19.5 Å². The van der Waals surface area contributed by atoms with Gasteiger partial charge in [0.2, 0.25) is 4.96 Å². The van der Waals surface area contributed by atoms with Gasteiger partial charge in [0.05, 0.1) is 5.69 Å². The maximum absolute atomic E-state index is 11.7. The zero-order valence-corrected chi connectivity index (χ0v) is 11.4. The Morgan fingerprint density at radius 1 is 1.63 bits per heavy atom. The Balaban J connectivity index is 2.25. The van der Waals surface area contributed by atoms with Crippen molar-refractivity contribution in [1.29, 1.82) is 0 Å². The third-order valence-electron chi connectivity index (χ3n) is 2.86. The number of likely N-dealkylation sites (N-methyl/N-ethyl adjacent to an activating group) is 1. The van der Waals surface area contributed by atoms with Gasteiger partial charge in [-0.3, -0.25) is 14.5 Å². The Labute approximate surface area is 113 Å². The maximum atomic E-state index is 11.7. The van der Waals surface area contributed by atoms with E-state index >= 15 is 0 Å². The predicted molar refractivity (Wildman–Crippen MR) is 70.3 cm³/mol. The van der Waals surface area contributed by atoms with Gasteiger partial charge in [0.1, 0.15) is 11.6 Å². The molecule has 0 fully saturated rings. The van der Waals surface area contributed by atoms with Gasteiger partial charge in [-0.15, -0.1) is 0 Å². The summed E-state index contributed by atoms with van der Waals surface area (Å²) in [6.07, 6.45) is 0.494. The lowest BCUT2D eigenvalue weighted by Crippen LogP contribution is -2.37. The first-order chi connectivity index (χ1) is 9.02. The van der Waals surface area contributed by atoms with Crippen molar-refractivity contribution in [2.75, 3.05) is 7.05 Å². The van der Waals surface area contributed by atoms with E-state index in [-0.39, 0.29) is 5.56 Å². The van der Waals surface area contributed by atoms with Gasteiger partial charge in [-0.05, 0) is 13.5 Å². The molecule has 0 aliphatic carbocycles. The van der Waals surface area contributed by atoms with Crippen molar-refractivity contribution in [2.24, 2.45) is 0 Å². The second-order valence-corrected chi connectivity index (χ2v) is 5.01. The Morgan fingerprint density at radius 2 is 2.37 bits per heavy atom.